The molecule has 0 amide bonds. The normalized spacial score (nSPS) is 37.5. The number of aliphatic hydroxyl groups excluding tert-OH is 1. The van der Waals surface area contributed by atoms with Gasteiger partial charge in [-0.25, -0.2) is 0 Å². The fourth-order valence-electron chi connectivity index (χ4n) is 4.93. The molecule has 1 aliphatic carbocycles. The summed E-state index contributed by atoms with van der Waals surface area (Å²) in [5.74, 6) is 1.11. The van der Waals surface area contributed by atoms with Crippen LogP contribution in [0, 0.1) is 11.8 Å². The first-order chi connectivity index (χ1) is 9.47. The summed E-state index contributed by atoms with van der Waals surface area (Å²) in [5.41, 5.74) is 6.41. The molecule has 0 spiro atoms. The van der Waals surface area contributed by atoms with Gasteiger partial charge in [-0.05, 0) is 38.5 Å². The van der Waals surface area contributed by atoms with Gasteiger partial charge in [-0.3, -0.25) is 0 Å². The molecule has 1 saturated carbocycles. The smallest absolute Gasteiger partial charge is 0.0942 e. The van der Waals surface area contributed by atoms with Crippen LogP contribution in [0.15, 0.2) is 0 Å². The molecule has 2 aliphatic rings. The van der Waals surface area contributed by atoms with Crippen molar-refractivity contribution in [2.45, 2.75) is 77.5 Å². The van der Waals surface area contributed by atoms with Gasteiger partial charge in [0.1, 0.15) is 0 Å². The number of rotatable bonds is 5. The van der Waals surface area contributed by atoms with E-state index in [1.807, 2.05) is 0 Å². The van der Waals surface area contributed by atoms with Crippen LogP contribution in [-0.2, 0) is 0 Å². The molecular weight excluding hydrogens is 248 g/mol. The van der Waals surface area contributed by atoms with E-state index in [1.165, 1.54) is 36.7 Å². The van der Waals surface area contributed by atoms with Gasteiger partial charge in [0, 0.05) is 11.8 Å². The van der Waals surface area contributed by atoms with Crippen molar-refractivity contribution in [2.24, 2.45) is 17.6 Å². The zero-order chi connectivity index (χ0) is 14.8. The lowest BCUT2D eigenvalue weighted by molar-refractivity contribution is -0.961. The van der Waals surface area contributed by atoms with Gasteiger partial charge in [0.2, 0.25) is 0 Å². The number of piperidine rings is 1. The van der Waals surface area contributed by atoms with Crippen molar-refractivity contribution >= 4 is 0 Å². The summed E-state index contributed by atoms with van der Waals surface area (Å²) in [6.07, 6.45) is 7.23. The molecule has 20 heavy (non-hydrogen) atoms. The largest absolute Gasteiger partial charge is 0.393 e. The van der Waals surface area contributed by atoms with E-state index in [1.54, 1.807) is 0 Å². The van der Waals surface area contributed by atoms with Gasteiger partial charge >= 0.3 is 0 Å². The zero-order valence-corrected chi connectivity index (χ0v) is 13.7. The van der Waals surface area contributed by atoms with E-state index in [0.717, 1.165) is 32.0 Å². The molecule has 2 rings (SSSR count). The van der Waals surface area contributed by atoms with Crippen molar-refractivity contribution in [1.29, 1.82) is 0 Å². The third-order valence-electron chi connectivity index (χ3n) is 5.59. The van der Waals surface area contributed by atoms with Crippen LogP contribution in [0.1, 0.15) is 59.3 Å². The van der Waals surface area contributed by atoms with Gasteiger partial charge in [0.05, 0.1) is 37.8 Å². The summed E-state index contributed by atoms with van der Waals surface area (Å²) in [4.78, 5) is 0. The fourth-order valence-corrected chi connectivity index (χ4v) is 4.93. The van der Waals surface area contributed by atoms with Crippen molar-refractivity contribution < 1.29 is 9.59 Å². The highest BCUT2D eigenvalue weighted by Gasteiger charge is 2.46. The lowest BCUT2D eigenvalue weighted by Crippen LogP contribution is -2.66. The Labute approximate surface area is 125 Å². The molecular formula is C17H35N2O+. The summed E-state index contributed by atoms with van der Waals surface area (Å²) in [6.45, 7) is 10.3. The third-order valence-corrected chi connectivity index (χ3v) is 5.59. The Bertz CT molecular complexity index is 297. The molecule has 3 nitrogen and oxygen atoms in total. The molecule has 0 bridgehead atoms. The number of hydrogen-bond donors (Lipinski definition) is 2. The van der Waals surface area contributed by atoms with E-state index in [2.05, 4.69) is 20.8 Å². The maximum absolute atomic E-state index is 10.3. The maximum atomic E-state index is 10.3. The summed E-state index contributed by atoms with van der Waals surface area (Å²) in [7, 11) is 0. The lowest BCUT2D eigenvalue weighted by atomic mass is 9.84. The Balaban J connectivity index is 2.19. The number of nitrogens with two attached hydrogens (primary N) is 1. The standard InChI is InChI=1S/C17H35N2O/c1-4-17(20)14-9-15(18)12-19(11-14,10-13(2)3)16-7-5-6-8-16/h13-17,20H,4-12,18H2,1-3H3/q+1. The summed E-state index contributed by atoms with van der Waals surface area (Å²) in [5, 5.41) is 10.3. The monoisotopic (exact) mass is 283 g/mol. The molecule has 118 valence electrons. The SMILES string of the molecule is CCC(O)C1CC(N)C[N+](CC(C)C)(C2CCCC2)C1. The second-order valence-electron chi connectivity index (χ2n) is 7.83. The molecule has 4 atom stereocenters. The van der Waals surface area contributed by atoms with E-state index in [-0.39, 0.29) is 12.1 Å². The van der Waals surface area contributed by atoms with Crippen LogP contribution in [0.25, 0.3) is 0 Å². The molecule has 1 saturated heterocycles. The van der Waals surface area contributed by atoms with E-state index >= 15 is 0 Å². The second kappa shape index (κ2) is 6.76. The van der Waals surface area contributed by atoms with Crippen LogP contribution in [0.3, 0.4) is 0 Å². The van der Waals surface area contributed by atoms with E-state index in [4.69, 9.17) is 5.73 Å². The predicted octanol–water partition coefficient (Wildman–Crippen LogP) is 2.52. The minimum absolute atomic E-state index is 0.160. The quantitative estimate of drug-likeness (QED) is 0.762. The Morgan fingerprint density at radius 1 is 1.20 bits per heavy atom. The van der Waals surface area contributed by atoms with Gasteiger partial charge in [-0.2, -0.15) is 0 Å². The molecule has 0 aromatic rings. The molecule has 1 aliphatic heterocycles. The first-order valence-electron chi connectivity index (χ1n) is 8.76. The number of hydrogen-bond acceptors (Lipinski definition) is 2. The van der Waals surface area contributed by atoms with Crippen LogP contribution in [0.2, 0.25) is 0 Å². The van der Waals surface area contributed by atoms with Crippen LogP contribution < -0.4 is 5.73 Å². The number of quaternary nitrogens is 1. The maximum Gasteiger partial charge on any atom is 0.0942 e. The van der Waals surface area contributed by atoms with Gasteiger partial charge in [0.25, 0.3) is 0 Å². The van der Waals surface area contributed by atoms with Gasteiger partial charge < -0.3 is 15.3 Å². The summed E-state index contributed by atoms with van der Waals surface area (Å²) >= 11 is 0. The second-order valence-corrected chi connectivity index (χ2v) is 7.83. The van der Waals surface area contributed by atoms with Gasteiger partial charge in [-0.15, -0.1) is 0 Å². The molecule has 3 N–H and O–H groups in total. The fraction of sp³-hybridized carbons (Fsp3) is 1.00. The van der Waals surface area contributed by atoms with Crippen molar-refractivity contribution in [3.63, 3.8) is 0 Å². The molecule has 0 radical (unpaired) electrons. The van der Waals surface area contributed by atoms with E-state index < -0.39 is 0 Å². The highest BCUT2D eigenvalue weighted by molar-refractivity contribution is 4.82. The predicted molar refractivity (Wildman–Crippen MR) is 84.3 cm³/mol. The zero-order valence-electron chi connectivity index (χ0n) is 13.7. The summed E-state index contributed by atoms with van der Waals surface area (Å²) < 4.78 is 1.20. The van der Waals surface area contributed by atoms with Crippen molar-refractivity contribution in [1.82, 2.24) is 0 Å². The molecule has 1 heterocycles. The van der Waals surface area contributed by atoms with E-state index in [9.17, 15) is 5.11 Å². The topological polar surface area (TPSA) is 46.2 Å². The highest BCUT2D eigenvalue weighted by atomic mass is 16.3. The van der Waals surface area contributed by atoms with Gasteiger partial charge in [-0.1, -0.05) is 20.8 Å². The average molecular weight is 283 g/mol. The number of aliphatic hydroxyl groups is 1. The highest BCUT2D eigenvalue weighted by Crippen LogP contribution is 2.36. The molecule has 3 heteroatoms. The molecule has 4 unspecified atom stereocenters. The first-order valence-corrected chi connectivity index (χ1v) is 8.76. The lowest BCUT2D eigenvalue weighted by Gasteiger charge is -2.52. The Morgan fingerprint density at radius 2 is 1.85 bits per heavy atom. The Morgan fingerprint density at radius 3 is 2.40 bits per heavy atom. The Hall–Kier alpha value is -0.120. The van der Waals surface area contributed by atoms with Crippen LogP contribution in [0.5, 0.6) is 0 Å². The average Bonchev–Trinajstić information content (AvgIpc) is 2.90. The van der Waals surface area contributed by atoms with Gasteiger partial charge in [0.15, 0.2) is 0 Å². The molecule has 2 fully saturated rings. The molecule has 0 aromatic carbocycles. The Kier molecular flexibility index (Phi) is 5.49. The van der Waals surface area contributed by atoms with Crippen LogP contribution >= 0.6 is 0 Å². The first kappa shape index (κ1) is 16.3. The van der Waals surface area contributed by atoms with Crippen LogP contribution in [-0.4, -0.2) is 47.4 Å². The molecule has 0 aromatic heterocycles. The van der Waals surface area contributed by atoms with Crippen LogP contribution in [0.4, 0.5) is 0 Å². The number of nitrogens with zero attached hydrogens (tertiary/aromatic N) is 1. The minimum Gasteiger partial charge on any atom is -0.393 e. The van der Waals surface area contributed by atoms with Crippen molar-refractivity contribution in [2.75, 3.05) is 19.6 Å². The van der Waals surface area contributed by atoms with E-state index in [0.29, 0.717) is 11.8 Å². The van der Waals surface area contributed by atoms with Crippen molar-refractivity contribution in [3.8, 4) is 0 Å². The minimum atomic E-state index is -0.160. The number of likely N-dealkylation sites (tertiary alicyclic amines) is 1. The third kappa shape index (κ3) is 3.55. The summed E-state index contributed by atoms with van der Waals surface area (Å²) in [6, 6.07) is 1.07. The van der Waals surface area contributed by atoms with Crippen molar-refractivity contribution in [3.05, 3.63) is 0 Å².